The summed E-state index contributed by atoms with van der Waals surface area (Å²) >= 11 is 1.48. The number of fused-ring (bicyclic) bond motifs is 3. The third-order valence-electron chi connectivity index (χ3n) is 7.46. The van der Waals surface area contributed by atoms with E-state index in [1.54, 1.807) is 18.2 Å². The van der Waals surface area contributed by atoms with Gasteiger partial charge in [-0.3, -0.25) is 0 Å². The van der Waals surface area contributed by atoms with E-state index in [0.29, 0.717) is 10.6 Å². The van der Waals surface area contributed by atoms with Gasteiger partial charge in [-0.05, 0) is 50.6 Å². The van der Waals surface area contributed by atoms with Crippen LogP contribution in [0.1, 0.15) is 61.7 Å². The fourth-order valence-corrected chi connectivity index (χ4v) is 7.85. The zero-order chi connectivity index (χ0) is 34.3. The Morgan fingerprint density at radius 1 is 0.909 bits per heavy atom. The largest absolute Gasteiger partial charge is 0.305 e. The minimum absolute atomic E-state index is 0. The zero-order valence-electron chi connectivity index (χ0n) is 30.1. The van der Waals surface area contributed by atoms with E-state index in [2.05, 4.69) is 61.7 Å². The first kappa shape index (κ1) is 28.5. The van der Waals surface area contributed by atoms with Crippen LogP contribution in [0.2, 0.25) is 19.6 Å². The van der Waals surface area contributed by atoms with Crippen LogP contribution in [0.25, 0.3) is 42.7 Å². The van der Waals surface area contributed by atoms with Crippen LogP contribution in [-0.2, 0) is 20.1 Å². The molecule has 3 aromatic carbocycles. The molecule has 0 aliphatic rings. The van der Waals surface area contributed by atoms with Gasteiger partial charge < -0.3 is 9.97 Å². The maximum Gasteiger partial charge on any atom is 0.140 e. The average Bonchev–Trinajstić information content (AvgIpc) is 3.40. The summed E-state index contributed by atoms with van der Waals surface area (Å²) in [6.07, 6.45) is 3.73. The number of thiophene rings is 1. The number of nitrogens with zero attached hydrogens (tertiary/aromatic N) is 2. The Bertz CT molecular complexity index is 2050. The summed E-state index contributed by atoms with van der Waals surface area (Å²) in [5, 5.41) is 3.21. The Labute approximate surface area is 285 Å². The second-order valence-electron chi connectivity index (χ2n) is 12.3. The maximum atomic E-state index is 14.1. The molecular formula is C38H39FIrN2SSi-2. The van der Waals surface area contributed by atoms with Gasteiger partial charge in [0, 0.05) is 38.0 Å². The van der Waals surface area contributed by atoms with Crippen LogP contribution in [0.4, 0.5) is 4.39 Å². The normalized spacial score (nSPS) is 13.4. The standard InChI is InChI=1S/C20H15FNS.C18H24NSi.Ir/c1-12(2)13-9-10-22-18(11-13)16-7-3-5-14-15-6-4-8-17(21)20(15)23-19(14)16;1-13(2)16-11-17(15-9-7-14(3)8-10-15)19-12-18(16)20(4,5)6;/h3-6,8-12H,1-2H3;7-9,11-13H,1-6H3;/q2*-1;/i;3D3,13D;. The third kappa shape index (κ3) is 7.26. The van der Waals surface area contributed by atoms with Gasteiger partial charge in [0.25, 0.3) is 0 Å². The van der Waals surface area contributed by atoms with Crippen LogP contribution >= 0.6 is 11.3 Å². The van der Waals surface area contributed by atoms with Crippen molar-refractivity contribution in [2.75, 3.05) is 0 Å². The van der Waals surface area contributed by atoms with Crippen LogP contribution in [0, 0.1) is 24.8 Å². The van der Waals surface area contributed by atoms with E-state index in [9.17, 15) is 4.39 Å². The van der Waals surface area contributed by atoms with Crippen LogP contribution in [0.3, 0.4) is 0 Å². The summed E-state index contributed by atoms with van der Waals surface area (Å²) in [5.41, 5.74) is 5.82. The van der Waals surface area contributed by atoms with Crippen molar-refractivity contribution in [1.29, 1.82) is 0 Å². The van der Waals surface area contributed by atoms with Gasteiger partial charge >= 0.3 is 0 Å². The van der Waals surface area contributed by atoms with Crippen LogP contribution in [-0.4, -0.2) is 18.0 Å². The molecule has 6 rings (SSSR count). The molecule has 44 heavy (non-hydrogen) atoms. The molecule has 0 unspecified atom stereocenters. The number of halogens is 1. The average molecular weight is 799 g/mol. The fraction of sp³-hybridized carbons (Fsp3) is 0.263. The monoisotopic (exact) mass is 799 g/mol. The van der Waals surface area contributed by atoms with Crippen molar-refractivity contribution in [3.63, 3.8) is 0 Å². The molecule has 0 spiro atoms. The number of pyridine rings is 2. The Morgan fingerprint density at radius 3 is 2.34 bits per heavy atom. The predicted molar refractivity (Wildman–Crippen MR) is 186 cm³/mol. The van der Waals surface area contributed by atoms with Gasteiger partial charge in [-0.25, -0.2) is 4.39 Å². The Balaban J connectivity index is 0.000000212. The van der Waals surface area contributed by atoms with E-state index in [1.807, 2.05) is 56.6 Å². The molecule has 0 aliphatic heterocycles. The minimum atomic E-state index is -2.13. The molecule has 6 aromatic rings. The third-order valence-corrected chi connectivity index (χ3v) is 10.7. The fourth-order valence-electron chi connectivity index (χ4n) is 5.06. The Hall–Kier alpha value is -3.02. The van der Waals surface area contributed by atoms with E-state index < -0.39 is 20.8 Å². The van der Waals surface area contributed by atoms with E-state index in [-0.39, 0.29) is 31.5 Å². The van der Waals surface area contributed by atoms with Gasteiger partial charge in [0.05, 0.1) is 12.8 Å². The maximum absolute atomic E-state index is 14.1. The van der Waals surface area contributed by atoms with Gasteiger partial charge in [0.15, 0.2) is 0 Å². The van der Waals surface area contributed by atoms with E-state index >= 15 is 0 Å². The molecule has 6 heteroatoms. The first-order chi connectivity index (χ1) is 21.9. The van der Waals surface area contributed by atoms with E-state index in [0.717, 1.165) is 43.6 Å². The second-order valence-corrected chi connectivity index (χ2v) is 18.4. The molecule has 0 amide bonds. The summed E-state index contributed by atoms with van der Waals surface area (Å²) in [7, 11) is -1.61. The number of hydrogen-bond acceptors (Lipinski definition) is 3. The second kappa shape index (κ2) is 14.0. The Morgan fingerprint density at radius 2 is 1.68 bits per heavy atom. The van der Waals surface area contributed by atoms with E-state index in [1.165, 1.54) is 34.2 Å². The van der Waals surface area contributed by atoms with Crippen molar-refractivity contribution in [2.24, 2.45) is 0 Å². The van der Waals surface area contributed by atoms with Crippen LogP contribution in [0.5, 0.6) is 0 Å². The molecule has 0 bridgehead atoms. The van der Waals surface area contributed by atoms with Crippen LogP contribution < -0.4 is 5.19 Å². The molecule has 0 saturated heterocycles. The molecule has 0 fully saturated rings. The summed E-state index contributed by atoms with van der Waals surface area (Å²) in [5.74, 6) is -0.444. The van der Waals surface area contributed by atoms with Crippen molar-refractivity contribution in [3.05, 3.63) is 114 Å². The van der Waals surface area contributed by atoms with Gasteiger partial charge in [0.1, 0.15) is 5.82 Å². The quantitative estimate of drug-likeness (QED) is 0.128. The molecule has 1 radical (unpaired) electrons. The molecule has 0 N–H and O–H groups in total. The molecule has 0 aliphatic carbocycles. The molecule has 0 saturated carbocycles. The number of hydrogen-bond donors (Lipinski definition) is 0. The molecule has 2 nitrogen and oxygen atoms in total. The van der Waals surface area contributed by atoms with Gasteiger partial charge in [0.2, 0.25) is 0 Å². The van der Waals surface area contributed by atoms with Crippen LogP contribution in [0.15, 0.2) is 79.1 Å². The smallest absolute Gasteiger partial charge is 0.140 e. The molecule has 0 atom stereocenters. The molecular weight excluding hydrogens is 756 g/mol. The van der Waals surface area contributed by atoms with Crippen molar-refractivity contribution in [3.8, 4) is 22.5 Å². The summed E-state index contributed by atoms with van der Waals surface area (Å²) in [6, 6.07) is 26.4. The summed E-state index contributed by atoms with van der Waals surface area (Å²) in [4.78, 5) is 9.08. The first-order valence-electron chi connectivity index (χ1n) is 16.5. The van der Waals surface area contributed by atoms with Crippen molar-refractivity contribution < 1.29 is 30.0 Å². The summed E-state index contributed by atoms with van der Waals surface area (Å²) < 4.78 is 46.6. The summed E-state index contributed by atoms with van der Waals surface area (Å²) in [6.45, 7) is 12.7. The number of aryl methyl sites for hydroxylation is 1. The first-order valence-corrected chi connectivity index (χ1v) is 18.8. The Kier molecular flexibility index (Phi) is 9.02. The minimum Gasteiger partial charge on any atom is -0.305 e. The molecule has 3 aromatic heterocycles. The number of benzene rings is 3. The van der Waals surface area contributed by atoms with Gasteiger partial charge in [-0.15, -0.1) is 59.2 Å². The van der Waals surface area contributed by atoms with Gasteiger partial charge in [-0.1, -0.05) is 95.0 Å². The predicted octanol–water partition coefficient (Wildman–Crippen LogP) is 10.7. The zero-order valence-corrected chi connectivity index (χ0v) is 30.3. The van der Waals surface area contributed by atoms with Crippen molar-refractivity contribution >= 4 is 44.8 Å². The van der Waals surface area contributed by atoms with E-state index in [4.69, 9.17) is 5.48 Å². The van der Waals surface area contributed by atoms with Crippen molar-refractivity contribution in [2.45, 2.75) is 66.0 Å². The van der Waals surface area contributed by atoms with Crippen molar-refractivity contribution in [1.82, 2.24) is 9.97 Å². The van der Waals surface area contributed by atoms with Gasteiger partial charge in [-0.2, -0.15) is 11.3 Å². The topological polar surface area (TPSA) is 25.8 Å². The number of rotatable bonds is 5. The SMILES string of the molecule is CC(C)c1ccnc(-c2[c-]ccc3c2sc2c(F)cccc23)c1.[2H]C([2H])([2H])c1c[c-]c(-c2cc(C([2H])(C)C)c([Si](C)(C)C)cn2)cc1.[Ir]. The molecule has 229 valence electrons. The number of aromatic nitrogens is 2. The molecule has 3 heterocycles.